The van der Waals surface area contributed by atoms with Crippen molar-refractivity contribution >= 4 is 23.9 Å². The average Bonchev–Trinajstić information content (AvgIpc) is 3.37. The Hall–Kier alpha value is -4.36. The Morgan fingerprint density at radius 2 is 0.890 bits per heavy atom. The molecule has 1 aliphatic heterocycles. The molecule has 6 atom stereocenters. The molecule has 1 rings (SSSR count). The fourth-order valence-corrected chi connectivity index (χ4v) is 7.90. The molecule has 3 N–H and O–H groups in total. The van der Waals surface area contributed by atoms with E-state index in [1.165, 1.54) is 57.8 Å². The molecule has 1 saturated heterocycles. The number of hydrogen-bond donors (Lipinski definition) is 3. The van der Waals surface area contributed by atoms with Gasteiger partial charge in [0.15, 0.2) is 24.6 Å². The van der Waals surface area contributed by atoms with Crippen LogP contribution in [-0.2, 0) is 42.9 Å². The molecule has 12 heteroatoms. The molecule has 0 bridgehead atoms. The van der Waals surface area contributed by atoms with Gasteiger partial charge in [-0.15, -0.1) is 0 Å². The molecule has 0 aromatic heterocycles. The van der Waals surface area contributed by atoms with Gasteiger partial charge in [-0.1, -0.05) is 208 Å². The van der Waals surface area contributed by atoms with Crippen molar-refractivity contribution in [1.29, 1.82) is 0 Å². The molecule has 1 aliphatic rings. The molecule has 0 spiro atoms. The summed E-state index contributed by atoms with van der Waals surface area (Å²) >= 11 is 0. The molecule has 0 aromatic carbocycles. The predicted octanol–water partition coefficient (Wildman–Crippen LogP) is 14.1. The van der Waals surface area contributed by atoms with E-state index in [-0.39, 0.29) is 25.9 Å². The van der Waals surface area contributed by atoms with Gasteiger partial charge in [0.25, 0.3) is 0 Å². The number of carbonyl (C=O) groups is 4. The lowest BCUT2D eigenvalue weighted by Crippen LogP contribution is -2.61. The minimum Gasteiger partial charge on any atom is -0.479 e. The highest BCUT2D eigenvalue weighted by Crippen LogP contribution is 2.26. The molecular formula is C61H98O12. The molecule has 6 unspecified atom stereocenters. The lowest BCUT2D eigenvalue weighted by atomic mass is 9.98. The number of hydrogen-bond acceptors (Lipinski definition) is 11. The number of aliphatic hydroxyl groups is 2. The second-order valence-electron chi connectivity index (χ2n) is 18.8. The molecule has 0 amide bonds. The minimum absolute atomic E-state index is 0.0225. The summed E-state index contributed by atoms with van der Waals surface area (Å²) in [5, 5.41) is 31.4. The van der Waals surface area contributed by atoms with Gasteiger partial charge in [0.1, 0.15) is 18.8 Å². The standard InChI is InChI=1S/C61H98O12/c1-4-7-10-13-16-19-22-25-26-27-28-31-34-37-40-43-46-49-55(64)72-59-57(66)56(65)58(60(67)68)73-61(59)70-51-52(71-54(63)48-45-42-39-36-33-30-24-21-18-15-12-9-6-3)50-69-53(62)47-44-41-38-35-32-29-23-20-17-14-11-8-5-2/h7-8,10-11,16-17,19-20,25-26,28-29,31-32,38,41,52,56-59,61,65-66H,4-6,9,12-15,18,21-24,27,30,33-37,39-40,42-51H2,1-3H3,(H,67,68)/b10-7-,11-8-,19-16-,20-17-,26-25-,31-28-,32-29-,41-38-. The van der Waals surface area contributed by atoms with E-state index in [2.05, 4.69) is 106 Å². The Labute approximate surface area is 441 Å². The van der Waals surface area contributed by atoms with E-state index in [9.17, 15) is 34.5 Å². The van der Waals surface area contributed by atoms with Crippen molar-refractivity contribution < 1.29 is 58.2 Å². The lowest BCUT2D eigenvalue weighted by molar-refractivity contribution is -0.301. The molecule has 1 heterocycles. The Kier molecular flexibility index (Phi) is 44.4. The molecule has 0 saturated carbocycles. The second kappa shape index (κ2) is 48.6. The summed E-state index contributed by atoms with van der Waals surface area (Å²) in [5.41, 5.74) is 0. The van der Waals surface area contributed by atoms with Crippen molar-refractivity contribution in [2.75, 3.05) is 13.2 Å². The maximum atomic E-state index is 13.1. The number of esters is 3. The molecule has 0 aliphatic carbocycles. The smallest absolute Gasteiger partial charge is 0.335 e. The van der Waals surface area contributed by atoms with Crippen molar-refractivity contribution in [3.63, 3.8) is 0 Å². The van der Waals surface area contributed by atoms with Crippen LogP contribution in [0.2, 0.25) is 0 Å². The number of carboxylic acid groups (broad SMARTS) is 1. The molecule has 73 heavy (non-hydrogen) atoms. The Balaban J connectivity index is 2.76. The summed E-state index contributed by atoms with van der Waals surface area (Å²) in [6.07, 6.45) is 51.1. The van der Waals surface area contributed by atoms with Gasteiger partial charge >= 0.3 is 23.9 Å². The summed E-state index contributed by atoms with van der Waals surface area (Å²) < 4.78 is 28.3. The third kappa shape index (κ3) is 38.8. The van der Waals surface area contributed by atoms with E-state index in [4.69, 9.17) is 23.7 Å². The summed E-state index contributed by atoms with van der Waals surface area (Å²) in [6.45, 7) is 5.67. The summed E-state index contributed by atoms with van der Waals surface area (Å²) in [7, 11) is 0. The van der Waals surface area contributed by atoms with Gasteiger partial charge in [-0.3, -0.25) is 14.4 Å². The van der Waals surface area contributed by atoms with Crippen LogP contribution in [-0.4, -0.2) is 89.2 Å². The Morgan fingerprint density at radius 3 is 1.37 bits per heavy atom. The molecule has 12 nitrogen and oxygen atoms in total. The highest BCUT2D eigenvalue weighted by Gasteiger charge is 2.50. The number of aliphatic carboxylic acids is 1. The zero-order valence-electron chi connectivity index (χ0n) is 45.3. The number of aliphatic hydroxyl groups excluding tert-OH is 2. The zero-order valence-corrected chi connectivity index (χ0v) is 45.3. The van der Waals surface area contributed by atoms with E-state index in [1.807, 2.05) is 12.2 Å². The molecule has 0 aromatic rings. The first-order valence-corrected chi connectivity index (χ1v) is 28.2. The number of carboxylic acids is 1. The van der Waals surface area contributed by atoms with Crippen LogP contribution in [0.3, 0.4) is 0 Å². The van der Waals surface area contributed by atoms with Gasteiger partial charge in [0.05, 0.1) is 6.61 Å². The number of ether oxygens (including phenoxy) is 5. The topological polar surface area (TPSA) is 175 Å². The van der Waals surface area contributed by atoms with Crippen molar-refractivity contribution in [3.05, 3.63) is 97.2 Å². The van der Waals surface area contributed by atoms with Crippen molar-refractivity contribution in [3.8, 4) is 0 Å². The predicted molar refractivity (Wildman–Crippen MR) is 294 cm³/mol. The Morgan fingerprint density at radius 1 is 0.466 bits per heavy atom. The largest absolute Gasteiger partial charge is 0.479 e. The van der Waals surface area contributed by atoms with Crippen molar-refractivity contribution in [2.24, 2.45) is 0 Å². The van der Waals surface area contributed by atoms with Gasteiger partial charge in [-0.05, 0) is 83.5 Å². The van der Waals surface area contributed by atoms with E-state index in [1.54, 1.807) is 0 Å². The molecule has 1 fully saturated rings. The average molecular weight is 1020 g/mol. The monoisotopic (exact) mass is 1020 g/mol. The first kappa shape index (κ1) is 66.7. The van der Waals surface area contributed by atoms with E-state index < -0.39 is 67.3 Å². The Bertz CT molecular complexity index is 1640. The highest BCUT2D eigenvalue weighted by atomic mass is 16.7. The number of rotatable bonds is 46. The van der Waals surface area contributed by atoms with E-state index >= 15 is 0 Å². The van der Waals surface area contributed by atoms with Gasteiger partial charge in [-0.25, -0.2) is 4.79 Å². The van der Waals surface area contributed by atoms with Gasteiger partial charge in [0.2, 0.25) is 0 Å². The maximum absolute atomic E-state index is 13.1. The van der Waals surface area contributed by atoms with Crippen LogP contribution in [0.15, 0.2) is 97.2 Å². The lowest BCUT2D eigenvalue weighted by Gasteiger charge is -2.40. The van der Waals surface area contributed by atoms with E-state index in [0.29, 0.717) is 19.3 Å². The molecule has 0 radical (unpaired) electrons. The van der Waals surface area contributed by atoms with Gasteiger partial charge in [-0.2, -0.15) is 0 Å². The highest BCUT2D eigenvalue weighted by molar-refractivity contribution is 5.74. The number of allylic oxidation sites excluding steroid dienone is 16. The fraction of sp³-hybridized carbons (Fsp3) is 0.672. The van der Waals surface area contributed by atoms with Crippen LogP contribution in [0.5, 0.6) is 0 Å². The normalized spacial score (nSPS) is 19.1. The van der Waals surface area contributed by atoms with Gasteiger partial charge < -0.3 is 39.0 Å². The van der Waals surface area contributed by atoms with E-state index in [0.717, 1.165) is 96.3 Å². The molecule has 414 valence electrons. The number of unbranched alkanes of at least 4 members (excludes halogenated alkanes) is 16. The van der Waals surface area contributed by atoms with Crippen molar-refractivity contribution in [2.45, 2.75) is 250 Å². The zero-order chi connectivity index (χ0) is 53.3. The van der Waals surface area contributed by atoms with Crippen LogP contribution >= 0.6 is 0 Å². The third-order valence-corrected chi connectivity index (χ3v) is 12.2. The summed E-state index contributed by atoms with van der Waals surface area (Å²) in [4.78, 5) is 51.0. The minimum atomic E-state index is -1.92. The van der Waals surface area contributed by atoms with Crippen LogP contribution in [0, 0.1) is 0 Å². The SMILES string of the molecule is CC/C=C\C/C=C\C/C=C\C/C=C\CCCCCCC(=O)OC1C(OCC(COC(=O)CC/C=C\C/C=C\C/C=C\C/C=C\CC)OC(=O)CCCCCCCCCCCCCCC)OC(C(=O)O)C(O)C1O. The summed E-state index contributed by atoms with van der Waals surface area (Å²) in [6, 6.07) is 0. The van der Waals surface area contributed by atoms with Crippen LogP contribution < -0.4 is 0 Å². The van der Waals surface area contributed by atoms with Crippen LogP contribution in [0.4, 0.5) is 0 Å². The van der Waals surface area contributed by atoms with Crippen LogP contribution in [0.1, 0.15) is 213 Å². The van der Waals surface area contributed by atoms with Gasteiger partial charge in [0, 0.05) is 19.3 Å². The first-order valence-electron chi connectivity index (χ1n) is 28.2. The van der Waals surface area contributed by atoms with Crippen LogP contribution in [0.25, 0.3) is 0 Å². The fourth-order valence-electron chi connectivity index (χ4n) is 7.90. The third-order valence-electron chi connectivity index (χ3n) is 12.2. The van der Waals surface area contributed by atoms with Crippen molar-refractivity contribution in [1.82, 2.24) is 0 Å². The first-order chi connectivity index (χ1) is 35.6. The maximum Gasteiger partial charge on any atom is 0.335 e. The summed E-state index contributed by atoms with van der Waals surface area (Å²) in [5.74, 6) is -3.26. The second-order valence-corrected chi connectivity index (χ2v) is 18.8. The molecular weight excluding hydrogens is 925 g/mol. The quantitative estimate of drug-likeness (QED) is 0.0228. The number of carbonyl (C=O) groups excluding carboxylic acids is 3.